The minimum atomic E-state index is -0.0910. The Kier molecular flexibility index (Phi) is 5.87. The summed E-state index contributed by atoms with van der Waals surface area (Å²) in [4.78, 5) is 27.5. The Morgan fingerprint density at radius 1 is 1.14 bits per heavy atom. The summed E-state index contributed by atoms with van der Waals surface area (Å²) in [5, 5.41) is 4.80. The predicted molar refractivity (Wildman–Crippen MR) is 119 cm³/mol. The van der Waals surface area contributed by atoms with E-state index in [1.54, 1.807) is 30.2 Å². The molecule has 1 saturated heterocycles. The summed E-state index contributed by atoms with van der Waals surface area (Å²) < 4.78 is 5.21. The first kappa shape index (κ1) is 19.5. The molecular weight excluding hydrogens is 404 g/mol. The van der Waals surface area contributed by atoms with Crippen LogP contribution in [-0.2, 0) is 16.0 Å². The highest BCUT2D eigenvalue weighted by molar-refractivity contribution is 8.00. The van der Waals surface area contributed by atoms with Crippen molar-refractivity contribution in [2.24, 2.45) is 0 Å². The van der Waals surface area contributed by atoms with Gasteiger partial charge in [-0.3, -0.25) is 14.5 Å². The number of carbonyl (C=O) groups excluding carboxylic acids is 2. The molecule has 2 aromatic carbocycles. The second-order valence-electron chi connectivity index (χ2n) is 6.55. The van der Waals surface area contributed by atoms with Crippen LogP contribution in [0.2, 0.25) is 0 Å². The van der Waals surface area contributed by atoms with Crippen molar-refractivity contribution in [3.8, 4) is 5.75 Å². The van der Waals surface area contributed by atoms with Gasteiger partial charge >= 0.3 is 0 Å². The van der Waals surface area contributed by atoms with E-state index in [-0.39, 0.29) is 17.2 Å². The first-order chi connectivity index (χ1) is 14.1. The van der Waals surface area contributed by atoms with Crippen LogP contribution in [0.25, 0.3) is 0 Å². The summed E-state index contributed by atoms with van der Waals surface area (Å²) in [6.45, 7) is 0. The first-order valence-electron chi connectivity index (χ1n) is 9.14. The molecule has 1 aromatic heterocycles. The van der Waals surface area contributed by atoms with Crippen molar-refractivity contribution in [3.63, 3.8) is 0 Å². The van der Waals surface area contributed by atoms with Crippen LogP contribution in [0.5, 0.6) is 5.75 Å². The molecule has 0 spiro atoms. The molecule has 2 amide bonds. The number of amides is 2. The van der Waals surface area contributed by atoms with Crippen molar-refractivity contribution >= 4 is 46.3 Å². The lowest BCUT2D eigenvalue weighted by Crippen LogP contribution is -2.27. The third-order valence-electron chi connectivity index (χ3n) is 4.61. The normalized spacial score (nSPS) is 16.1. The van der Waals surface area contributed by atoms with Gasteiger partial charge in [-0.25, -0.2) is 0 Å². The quantitative estimate of drug-likeness (QED) is 0.622. The molecule has 1 atom stereocenters. The van der Waals surface area contributed by atoms with Crippen LogP contribution in [0.15, 0.2) is 66.0 Å². The summed E-state index contributed by atoms with van der Waals surface area (Å²) >= 11 is 3.17. The van der Waals surface area contributed by atoms with Gasteiger partial charge in [0.25, 0.3) is 0 Å². The third kappa shape index (κ3) is 4.46. The zero-order valence-electron chi connectivity index (χ0n) is 15.8. The number of rotatable bonds is 6. The Labute approximate surface area is 177 Å². The highest BCUT2D eigenvalue weighted by Gasteiger charge is 2.34. The van der Waals surface area contributed by atoms with E-state index in [0.29, 0.717) is 12.2 Å². The van der Waals surface area contributed by atoms with Gasteiger partial charge in [0.2, 0.25) is 11.8 Å². The minimum absolute atomic E-state index is 0.0366. The van der Waals surface area contributed by atoms with Crippen LogP contribution in [0, 0.1) is 0 Å². The highest BCUT2D eigenvalue weighted by atomic mass is 32.2. The number of carbonyl (C=O) groups is 2. The summed E-state index contributed by atoms with van der Waals surface area (Å²) in [5.74, 6) is 1.24. The SMILES string of the molecule is COc1ccc(N2C(=O)CS[C@H]2c2ccc(NC(=O)Cc3cccs3)cc2)cc1. The third-order valence-corrected chi connectivity index (χ3v) is 6.70. The van der Waals surface area contributed by atoms with Gasteiger partial charge in [0.15, 0.2) is 0 Å². The fourth-order valence-corrected chi connectivity index (χ4v) is 5.08. The summed E-state index contributed by atoms with van der Waals surface area (Å²) in [7, 11) is 1.62. The van der Waals surface area contributed by atoms with E-state index in [1.165, 1.54) is 0 Å². The maximum atomic E-state index is 12.5. The zero-order chi connectivity index (χ0) is 20.2. The predicted octanol–water partition coefficient (Wildman–Crippen LogP) is 4.72. The number of hydrogen-bond acceptors (Lipinski definition) is 5. The Morgan fingerprint density at radius 3 is 2.55 bits per heavy atom. The monoisotopic (exact) mass is 424 g/mol. The Hall–Kier alpha value is -2.77. The van der Waals surface area contributed by atoms with Gasteiger partial charge in [-0.2, -0.15) is 0 Å². The molecule has 4 rings (SSSR count). The fraction of sp³-hybridized carbons (Fsp3) is 0.182. The van der Waals surface area contributed by atoms with Crippen LogP contribution in [0.4, 0.5) is 11.4 Å². The van der Waals surface area contributed by atoms with Crippen LogP contribution >= 0.6 is 23.1 Å². The standard InChI is InChI=1S/C22H20N2O3S2/c1-27-18-10-8-17(9-11-18)24-21(26)14-29-22(24)15-4-6-16(7-5-15)23-20(25)13-19-3-2-12-28-19/h2-12,22H,13-14H2,1H3,(H,23,25)/t22-/m0/s1. The van der Waals surface area contributed by atoms with Crippen molar-refractivity contribution in [2.45, 2.75) is 11.8 Å². The van der Waals surface area contributed by atoms with Gasteiger partial charge < -0.3 is 10.1 Å². The molecule has 0 bridgehead atoms. The van der Waals surface area contributed by atoms with E-state index in [2.05, 4.69) is 5.32 Å². The molecule has 148 valence electrons. The molecule has 1 N–H and O–H groups in total. The fourth-order valence-electron chi connectivity index (χ4n) is 3.20. The number of hydrogen-bond donors (Lipinski definition) is 1. The lowest BCUT2D eigenvalue weighted by molar-refractivity contribution is -0.116. The van der Waals surface area contributed by atoms with Crippen molar-refractivity contribution in [1.82, 2.24) is 0 Å². The van der Waals surface area contributed by atoms with Crippen LogP contribution in [-0.4, -0.2) is 24.7 Å². The summed E-state index contributed by atoms with van der Waals surface area (Å²) in [6, 6.07) is 19.1. The molecule has 0 aliphatic carbocycles. The Bertz CT molecular complexity index is 986. The molecular formula is C22H20N2O3S2. The van der Waals surface area contributed by atoms with E-state index in [0.717, 1.165) is 27.6 Å². The number of methoxy groups -OCH3 is 1. The van der Waals surface area contributed by atoms with E-state index >= 15 is 0 Å². The number of nitrogens with one attached hydrogen (secondary N) is 1. The molecule has 7 heteroatoms. The van der Waals surface area contributed by atoms with Gasteiger partial charge in [-0.15, -0.1) is 23.1 Å². The molecule has 5 nitrogen and oxygen atoms in total. The molecule has 29 heavy (non-hydrogen) atoms. The molecule has 0 radical (unpaired) electrons. The smallest absolute Gasteiger partial charge is 0.238 e. The lowest BCUT2D eigenvalue weighted by atomic mass is 10.1. The number of thiophene rings is 1. The first-order valence-corrected chi connectivity index (χ1v) is 11.1. The van der Waals surface area contributed by atoms with Gasteiger partial charge in [0.05, 0.1) is 19.3 Å². The Balaban J connectivity index is 1.46. The molecule has 0 unspecified atom stereocenters. The number of nitrogens with zero attached hydrogens (tertiary/aromatic N) is 1. The van der Waals surface area contributed by atoms with E-state index in [4.69, 9.17) is 4.74 Å². The number of anilines is 2. The van der Waals surface area contributed by atoms with Crippen molar-refractivity contribution in [1.29, 1.82) is 0 Å². The van der Waals surface area contributed by atoms with Crippen LogP contribution < -0.4 is 15.0 Å². The largest absolute Gasteiger partial charge is 0.497 e. The number of ether oxygens (including phenoxy) is 1. The van der Waals surface area contributed by atoms with Gasteiger partial charge in [0, 0.05) is 16.3 Å². The number of benzene rings is 2. The van der Waals surface area contributed by atoms with Crippen molar-refractivity contribution in [2.75, 3.05) is 23.1 Å². The second-order valence-corrected chi connectivity index (χ2v) is 8.65. The maximum Gasteiger partial charge on any atom is 0.238 e. The molecule has 1 aliphatic rings. The van der Waals surface area contributed by atoms with Gasteiger partial charge in [0.1, 0.15) is 11.1 Å². The maximum absolute atomic E-state index is 12.5. The summed E-state index contributed by atoms with van der Waals surface area (Å²) in [6.07, 6.45) is 0.373. The average Bonchev–Trinajstić information content (AvgIpc) is 3.38. The van der Waals surface area contributed by atoms with Crippen LogP contribution in [0.1, 0.15) is 15.8 Å². The van der Waals surface area contributed by atoms with E-state index in [1.807, 2.05) is 70.9 Å². The van der Waals surface area contributed by atoms with E-state index < -0.39 is 0 Å². The zero-order valence-corrected chi connectivity index (χ0v) is 17.5. The number of thioether (sulfide) groups is 1. The van der Waals surface area contributed by atoms with Crippen molar-refractivity contribution < 1.29 is 14.3 Å². The molecule has 0 saturated carbocycles. The van der Waals surface area contributed by atoms with E-state index in [9.17, 15) is 9.59 Å². The molecule has 1 fully saturated rings. The van der Waals surface area contributed by atoms with Crippen molar-refractivity contribution in [3.05, 3.63) is 76.5 Å². The van der Waals surface area contributed by atoms with Gasteiger partial charge in [-0.1, -0.05) is 18.2 Å². The minimum Gasteiger partial charge on any atom is -0.497 e. The molecule has 2 heterocycles. The Morgan fingerprint density at radius 2 is 1.90 bits per heavy atom. The second kappa shape index (κ2) is 8.71. The lowest BCUT2D eigenvalue weighted by Gasteiger charge is -2.24. The molecule has 3 aromatic rings. The summed E-state index contributed by atoms with van der Waals surface area (Å²) in [5.41, 5.74) is 2.62. The average molecular weight is 425 g/mol. The van der Waals surface area contributed by atoms with Gasteiger partial charge in [-0.05, 0) is 53.4 Å². The molecule has 1 aliphatic heterocycles. The highest BCUT2D eigenvalue weighted by Crippen LogP contribution is 2.42. The van der Waals surface area contributed by atoms with Crippen LogP contribution in [0.3, 0.4) is 0 Å². The topological polar surface area (TPSA) is 58.6 Å².